The Morgan fingerprint density at radius 2 is 1.43 bits per heavy atom. The van der Waals surface area contributed by atoms with Gasteiger partial charge in [-0.1, -0.05) is 60.7 Å². The number of aliphatic hydroxyl groups is 1. The zero-order valence-corrected chi connectivity index (χ0v) is 13.5. The molecule has 0 aromatic heterocycles. The highest BCUT2D eigenvalue weighted by molar-refractivity contribution is 5.85. The van der Waals surface area contributed by atoms with Gasteiger partial charge in [-0.2, -0.15) is 0 Å². The van der Waals surface area contributed by atoms with Crippen LogP contribution in [0.4, 0.5) is 0 Å². The van der Waals surface area contributed by atoms with Gasteiger partial charge < -0.3 is 10.0 Å². The first-order chi connectivity index (χ1) is 9.60. The van der Waals surface area contributed by atoms with Crippen LogP contribution >= 0.6 is 12.4 Å². The Balaban J connectivity index is 0.00000220. The average molecular weight is 306 g/mol. The first-order valence-corrected chi connectivity index (χ1v) is 7.07. The van der Waals surface area contributed by atoms with Gasteiger partial charge in [-0.25, -0.2) is 0 Å². The molecule has 0 bridgehead atoms. The number of hydrogen-bond acceptors (Lipinski definition) is 2. The standard InChI is InChI=1S/C18H23NO.ClH/c1-19(2)14-13-18(20,17-11-7-4-8-12-17)15-16-9-5-3-6-10-16;/h3-12,20H,13-15H2,1-2H3;1H. The fourth-order valence-electron chi connectivity index (χ4n) is 2.43. The van der Waals surface area contributed by atoms with E-state index in [0.717, 1.165) is 24.1 Å². The molecule has 0 spiro atoms. The maximum atomic E-state index is 11.2. The summed E-state index contributed by atoms with van der Waals surface area (Å²) in [6, 6.07) is 20.2. The Hall–Kier alpha value is -1.35. The Morgan fingerprint density at radius 1 is 0.905 bits per heavy atom. The highest BCUT2D eigenvalue weighted by Crippen LogP contribution is 2.29. The summed E-state index contributed by atoms with van der Waals surface area (Å²) in [6.45, 7) is 0.859. The van der Waals surface area contributed by atoms with E-state index in [1.54, 1.807) is 0 Å². The van der Waals surface area contributed by atoms with Crippen molar-refractivity contribution in [3.05, 3.63) is 71.8 Å². The third-order valence-corrected chi connectivity index (χ3v) is 3.62. The molecule has 114 valence electrons. The first-order valence-electron chi connectivity index (χ1n) is 7.07. The van der Waals surface area contributed by atoms with Crippen LogP contribution in [0, 0.1) is 0 Å². The third kappa shape index (κ3) is 5.16. The van der Waals surface area contributed by atoms with Gasteiger partial charge in [-0.05, 0) is 31.6 Å². The molecule has 0 amide bonds. The summed E-state index contributed by atoms with van der Waals surface area (Å²) in [5.41, 5.74) is 1.34. The van der Waals surface area contributed by atoms with E-state index in [1.165, 1.54) is 0 Å². The monoisotopic (exact) mass is 305 g/mol. The van der Waals surface area contributed by atoms with Crippen LogP contribution in [0.1, 0.15) is 17.5 Å². The predicted octanol–water partition coefficient (Wildman–Crippen LogP) is 3.49. The van der Waals surface area contributed by atoms with E-state index in [-0.39, 0.29) is 12.4 Å². The summed E-state index contributed by atoms with van der Waals surface area (Å²) in [5.74, 6) is 0. The van der Waals surface area contributed by atoms with Crippen LogP contribution in [0.15, 0.2) is 60.7 Å². The Morgan fingerprint density at radius 3 is 1.95 bits per heavy atom. The van der Waals surface area contributed by atoms with E-state index >= 15 is 0 Å². The van der Waals surface area contributed by atoms with Crippen LogP contribution in [-0.2, 0) is 12.0 Å². The summed E-state index contributed by atoms with van der Waals surface area (Å²) in [6.07, 6.45) is 1.37. The molecule has 0 radical (unpaired) electrons. The summed E-state index contributed by atoms with van der Waals surface area (Å²) < 4.78 is 0. The lowest BCUT2D eigenvalue weighted by atomic mass is 9.84. The van der Waals surface area contributed by atoms with E-state index in [4.69, 9.17) is 0 Å². The molecular weight excluding hydrogens is 282 g/mol. The lowest BCUT2D eigenvalue weighted by molar-refractivity contribution is 0.0212. The van der Waals surface area contributed by atoms with E-state index < -0.39 is 5.60 Å². The highest BCUT2D eigenvalue weighted by atomic mass is 35.5. The third-order valence-electron chi connectivity index (χ3n) is 3.62. The second-order valence-electron chi connectivity index (χ2n) is 5.61. The molecule has 1 N–H and O–H groups in total. The van der Waals surface area contributed by atoms with Gasteiger partial charge in [0, 0.05) is 13.0 Å². The Labute approximate surface area is 133 Å². The van der Waals surface area contributed by atoms with Crippen LogP contribution in [0.5, 0.6) is 0 Å². The molecule has 1 unspecified atom stereocenters. The molecule has 2 nitrogen and oxygen atoms in total. The normalized spacial score (nSPS) is 13.5. The van der Waals surface area contributed by atoms with Crippen molar-refractivity contribution in [2.75, 3.05) is 20.6 Å². The largest absolute Gasteiger partial charge is 0.385 e. The predicted molar refractivity (Wildman–Crippen MR) is 90.9 cm³/mol. The topological polar surface area (TPSA) is 23.5 Å². The number of benzene rings is 2. The van der Waals surface area contributed by atoms with Crippen molar-refractivity contribution >= 4 is 12.4 Å². The first kappa shape index (κ1) is 17.7. The maximum Gasteiger partial charge on any atom is 0.0948 e. The van der Waals surface area contributed by atoms with Crippen molar-refractivity contribution in [1.82, 2.24) is 4.90 Å². The van der Waals surface area contributed by atoms with Gasteiger partial charge in [0.1, 0.15) is 0 Å². The molecule has 1 atom stereocenters. The molecule has 0 aliphatic carbocycles. The highest BCUT2D eigenvalue weighted by Gasteiger charge is 2.29. The molecule has 2 aromatic carbocycles. The van der Waals surface area contributed by atoms with E-state index in [1.807, 2.05) is 62.6 Å². The summed E-state index contributed by atoms with van der Waals surface area (Å²) in [7, 11) is 4.07. The van der Waals surface area contributed by atoms with Gasteiger partial charge in [-0.3, -0.25) is 0 Å². The minimum absolute atomic E-state index is 0. The van der Waals surface area contributed by atoms with E-state index in [0.29, 0.717) is 6.42 Å². The van der Waals surface area contributed by atoms with Gasteiger partial charge in [0.25, 0.3) is 0 Å². The molecule has 21 heavy (non-hydrogen) atoms. The van der Waals surface area contributed by atoms with Crippen LogP contribution in [-0.4, -0.2) is 30.6 Å². The lowest BCUT2D eigenvalue weighted by Gasteiger charge is -2.30. The number of nitrogens with zero attached hydrogens (tertiary/aromatic N) is 1. The fourth-order valence-corrected chi connectivity index (χ4v) is 2.43. The summed E-state index contributed by atoms with van der Waals surface area (Å²) in [5, 5.41) is 11.2. The second kappa shape index (κ2) is 8.18. The molecule has 0 aliphatic rings. The van der Waals surface area contributed by atoms with Crippen molar-refractivity contribution in [3.8, 4) is 0 Å². The molecule has 0 fully saturated rings. The molecule has 3 heteroatoms. The van der Waals surface area contributed by atoms with Crippen molar-refractivity contribution in [1.29, 1.82) is 0 Å². The van der Waals surface area contributed by atoms with Gasteiger partial charge in [-0.15, -0.1) is 12.4 Å². The van der Waals surface area contributed by atoms with Crippen LogP contribution in [0.25, 0.3) is 0 Å². The molecule has 0 saturated carbocycles. The Kier molecular flexibility index (Phi) is 6.90. The summed E-state index contributed by atoms with van der Waals surface area (Å²) in [4.78, 5) is 2.11. The van der Waals surface area contributed by atoms with Crippen LogP contribution in [0.2, 0.25) is 0 Å². The van der Waals surface area contributed by atoms with Gasteiger partial charge in [0.05, 0.1) is 5.60 Å². The molecule has 2 rings (SSSR count). The van der Waals surface area contributed by atoms with Crippen molar-refractivity contribution < 1.29 is 5.11 Å². The summed E-state index contributed by atoms with van der Waals surface area (Å²) >= 11 is 0. The quantitative estimate of drug-likeness (QED) is 0.883. The molecule has 0 aliphatic heterocycles. The molecule has 2 aromatic rings. The smallest absolute Gasteiger partial charge is 0.0948 e. The number of rotatable bonds is 6. The van der Waals surface area contributed by atoms with E-state index in [2.05, 4.69) is 17.0 Å². The lowest BCUT2D eigenvalue weighted by Crippen LogP contribution is -2.32. The average Bonchev–Trinajstić information content (AvgIpc) is 2.47. The number of hydrogen-bond donors (Lipinski definition) is 1. The molecule has 0 saturated heterocycles. The Bertz CT molecular complexity index is 515. The molecular formula is C18H24ClNO. The van der Waals surface area contributed by atoms with Crippen molar-refractivity contribution in [3.63, 3.8) is 0 Å². The minimum Gasteiger partial charge on any atom is -0.385 e. The fraction of sp³-hybridized carbons (Fsp3) is 0.333. The van der Waals surface area contributed by atoms with Crippen molar-refractivity contribution in [2.45, 2.75) is 18.4 Å². The van der Waals surface area contributed by atoms with Gasteiger partial charge in [0.15, 0.2) is 0 Å². The second-order valence-corrected chi connectivity index (χ2v) is 5.61. The van der Waals surface area contributed by atoms with E-state index in [9.17, 15) is 5.11 Å². The maximum absolute atomic E-state index is 11.2. The minimum atomic E-state index is -0.813. The van der Waals surface area contributed by atoms with Crippen LogP contribution in [0.3, 0.4) is 0 Å². The zero-order valence-electron chi connectivity index (χ0n) is 12.7. The molecule has 0 heterocycles. The van der Waals surface area contributed by atoms with Gasteiger partial charge in [0.2, 0.25) is 0 Å². The van der Waals surface area contributed by atoms with Gasteiger partial charge >= 0.3 is 0 Å². The van der Waals surface area contributed by atoms with Crippen LogP contribution < -0.4 is 0 Å². The van der Waals surface area contributed by atoms with Crippen molar-refractivity contribution in [2.24, 2.45) is 0 Å². The zero-order chi connectivity index (χ0) is 14.4. The SMILES string of the molecule is CN(C)CCC(O)(Cc1ccccc1)c1ccccc1.Cl. The number of halogens is 1.